The molecule has 1 saturated carbocycles. The Morgan fingerprint density at radius 3 is 2.19 bits per heavy atom. The van der Waals surface area contributed by atoms with Crippen molar-refractivity contribution in [2.24, 2.45) is 17.8 Å². The highest BCUT2D eigenvalue weighted by Crippen LogP contribution is 2.58. The molecule has 1 aliphatic carbocycles. The van der Waals surface area contributed by atoms with Crippen LogP contribution in [0, 0.1) is 17.8 Å². The Morgan fingerprint density at radius 1 is 0.810 bits per heavy atom. The van der Waals surface area contributed by atoms with Crippen LogP contribution in [0.4, 0.5) is 0 Å². The lowest BCUT2D eigenvalue weighted by molar-refractivity contribution is 0.226. The number of hydrogen-bond acceptors (Lipinski definition) is 0. The number of fused-ring (bicyclic) bond motifs is 2. The van der Waals surface area contributed by atoms with Crippen molar-refractivity contribution in [3.63, 3.8) is 0 Å². The lowest BCUT2D eigenvalue weighted by atomic mass is 9.76. The number of rotatable bonds is 9. The van der Waals surface area contributed by atoms with Crippen LogP contribution in [0.3, 0.4) is 0 Å². The SMILES string of the molecule is CCCCCCCCCCP1CC(C)[C@H]2CC[C@H](C)[C@@H]1C2. The first kappa shape index (κ1) is 17.8. The van der Waals surface area contributed by atoms with Gasteiger partial charge >= 0.3 is 0 Å². The third-order valence-electron chi connectivity index (χ3n) is 6.29. The monoisotopic (exact) mass is 310 g/mol. The molecule has 21 heavy (non-hydrogen) atoms. The summed E-state index contributed by atoms with van der Waals surface area (Å²) in [7, 11) is 0.380. The molecule has 1 aliphatic heterocycles. The fourth-order valence-electron chi connectivity index (χ4n) is 4.72. The summed E-state index contributed by atoms with van der Waals surface area (Å²) in [5.74, 6) is 3.20. The lowest BCUT2D eigenvalue weighted by Crippen LogP contribution is -2.37. The molecule has 2 unspecified atom stereocenters. The van der Waals surface area contributed by atoms with E-state index in [2.05, 4.69) is 20.8 Å². The van der Waals surface area contributed by atoms with Crippen molar-refractivity contribution >= 4 is 7.92 Å². The first-order chi connectivity index (χ1) is 10.2. The van der Waals surface area contributed by atoms with Crippen LogP contribution < -0.4 is 0 Å². The van der Waals surface area contributed by atoms with E-state index in [1.165, 1.54) is 51.4 Å². The van der Waals surface area contributed by atoms with Crippen molar-refractivity contribution in [3.8, 4) is 0 Å². The molecule has 5 atom stereocenters. The fourth-order valence-corrected chi connectivity index (χ4v) is 8.61. The van der Waals surface area contributed by atoms with E-state index in [1.54, 1.807) is 31.6 Å². The molecule has 0 N–H and O–H groups in total. The van der Waals surface area contributed by atoms with Gasteiger partial charge in [0.1, 0.15) is 0 Å². The highest BCUT2D eigenvalue weighted by molar-refractivity contribution is 7.58. The molecule has 2 bridgehead atoms. The van der Waals surface area contributed by atoms with Crippen molar-refractivity contribution in [3.05, 3.63) is 0 Å². The molecule has 0 nitrogen and oxygen atoms in total. The van der Waals surface area contributed by atoms with E-state index in [0.717, 1.165) is 23.4 Å². The maximum Gasteiger partial charge on any atom is -0.0181 e. The third-order valence-corrected chi connectivity index (χ3v) is 9.88. The van der Waals surface area contributed by atoms with Crippen molar-refractivity contribution in [1.82, 2.24) is 0 Å². The number of unbranched alkanes of at least 4 members (excludes halogenated alkanes) is 7. The first-order valence-electron chi connectivity index (χ1n) is 9.96. The summed E-state index contributed by atoms with van der Waals surface area (Å²) in [5.41, 5.74) is 1.15. The summed E-state index contributed by atoms with van der Waals surface area (Å²) in [6, 6.07) is 0. The van der Waals surface area contributed by atoms with Gasteiger partial charge in [0.05, 0.1) is 0 Å². The summed E-state index contributed by atoms with van der Waals surface area (Å²) in [6.07, 6.45) is 19.8. The molecule has 2 fully saturated rings. The molecule has 0 amide bonds. The van der Waals surface area contributed by atoms with Gasteiger partial charge in [-0.25, -0.2) is 0 Å². The van der Waals surface area contributed by atoms with Gasteiger partial charge in [-0.3, -0.25) is 0 Å². The summed E-state index contributed by atoms with van der Waals surface area (Å²) in [5, 5.41) is 0. The van der Waals surface area contributed by atoms with E-state index < -0.39 is 0 Å². The Morgan fingerprint density at radius 2 is 1.48 bits per heavy atom. The normalized spacial score (nSPS) is 35.9. The van der Waals surface area contributed by atoms with Crippen LogP contribution in [0.15, 0.2) is 0 Å². The van der Waals surface area contributed by atoms with Crippen molar-refractivity contribution < 1.29 is 0 Å². The molecule has 0 spiro atoms. The Kier molecular flexibility index (Phi) is 8.08. The van der Waals surface area contributed by atoms with Gasteiger partial charge in [-0.15, -0.1) is 7.92 Å². The molecule has 1 saturated heterocycles. The van der Waals surface area contributed by atoms with Crippen LogP contribution in [0.5, 0.6) is 0 Å². The molecule has 1 heteroatoms. The van der Waals surface area contributed by atoms with Crippen molar-refractivity contribution in [1.29, 1.82) is 0 Å². The maximum atomic E-state index is 2.56. The van der Waals surface area contributed by atoms with Gasteiger partial charge < -0.3 is 0 Å². The highest BCUT2D eigenvalue weighted by atomic mass is 31.1. The minimum absolute atomic E-state index is 0.380. The zero-order chi connectivity index (χ0) is 15.1. The Bertz CT molecular complexity index is 275. The molecule has 0 radical (unpaired) electrons. The first-order valence-corrected chi connectivity index (χ1v) is 11.7. The lowest BCUT2D eigenvalue weighted by Gasteiger charge is -2.47. The van der Waals surface area contributed by atoms with Crippen molar-refractivity contribution in [2.75, 3.05) is 12.3 Å². The minimum Gasteiger partial charge on any atom is -0.103 e. The summed E-state index contributed by atoms with van der Waals surface area (Å²) in [4.78, 5) is 0. The summed E-state index contributed by atoms with van der Waals surface area (Å²) in [6.45, 7) is 7.42. The van der Waals surface area contributed by atoms with E-state index in [-0.39, 0.29) is 0 Å². The van der Waals surface area contributed by atoms with Crippen LogP contribution in [-0.4, -0.2) is 18.0 Å². The van der Waals surface area contributed by atoms with E-state index in [1.807, 2.05) is 0 Å². The van der Waals surface area contributed by atoms with Gasteiger partial charge in [-0.2, -0.15) is 0 Å². The fraction of sp³-hybridized carbons (Fsp3) is 1.00. The zero-order valence-electron chi connectivity index (χ0n) is 14.9. The molecular weight excluding hydrogens is 271 g/mol. The Balaban J connectivity index is 1.59. The predicted molar refractivity (Wildman–Crippen MR) is 98.7 cm³/mol. The van der Waals surface area contributed by atoms with E-state index in [4.69, 9.17) is 0 Å². The van der Waals surface area contributed by atoms with Gasteiger partial charge in [0, 0.05) is 0 Å². The third kappa shape index (κ3) is 5.53. The summed E-state index contributed by atoms with van der Waals surface area (Å²) >= 11 is 0. The molecule has 124 valence electrons. The second-order valence-electron chi connectivity index (χ2n) is 8.06. The smallest absolute Gasteiger partial charge is 0.0181 e. The molecule has 0 aromatic rings. The molecule has 2 aliphatic rings. The zero-order valence-corrected chi connectivity index (χ0v) is 15.8. The van der Waals surface area contributed by atoms with E-state index in [9.17, 15) is 0 Å². The van der Waals surface area contributed by atoms with E-state index in [0.29, 0.717) is 7.92 Å². The quantitative estimate of drug-likeness (QED) is 0.316. The standard InChI is InChI=1S/C20H39P/c1-4-5-6-7-8-9-10-11-14-21-16-18(3)19-13-12-17(2)20(21)15-19/h17-20H,4-16H2,1-3H3/t17-,18?,19-,20-,21?/m0/s1. The van der Waals surface area contributed by atoms with Crippen molar-refractivity contribution in [2.45, 2.75) is 97.1 Å². The molecule has 0 aromatic carbocycles. The largest absolute Gasteiger partial charge is 0.103 e. The molecule has 1 heterocycles. The molecule has 2 rings (SSSR count). The van der Waals surface area contributed by atoms with Gasteiger partial charge in [0.25, 0.3) is 0 Å². The molecule has 0 aromatic heterocycles. The predicted octanol–water partition coefficient (Wildman–Crippen LogP) is 7.06. The van der Waals surface area contributed by atoms with E-state index >= 15 is 0 Å². The van der Waals surface area contributed by atoms with Crippen LogP contribution in [-0.2, 0) is 0 Å². The number of hydrogen-bond donors (Lipinski definition) is 0. The Labute approximate surface area is 135 Å². The molecular formula is C20H39P. The second-order valence-corrected chi connectivity index (χ2v) is 10.7. The topological polar surface area (TPSA) is 0 Å². The minimum atomic E-state index is 0.380. The van der Waals surface area contributed by atoms with Crippen LogP contribution >= 0.6 is 7.92 Å². The van der Waals surface area contributed by atoms with Crippen LogP contribution in [0.2, 0.25) is 0 Å². The van der Waals surface area contributed by atoms with Crippen LogP contribution in [0.25, 0.3) is 0 Å². The van der Waals surface area contributed by atoms with Gasteiger partial charge in [0.15, 0.2) is 0 Å². The average molecular weight is 311 g/mol. The average Bonchev–Trinajstić information content (AvgIpc) is 2.49. The van der Waals surface area contributed by atoms with Gasteiger partial charge in [-0.1, -0.05) is 65.7 Å². The van der Waals surface area contributed by atoms with Crippen LogP contribution in [0.1, 0.15) is 91.4 Å². The Hall–Kier alpha value is 0.430. The second kappa shape index (κ2) is 9.54. The highest BCUT2D eigenvalue weighted by Gasteiger charge is 2.39. The maximum absolute atomic E-state index is 2.56. The van der Waals surface area contributed by atoms with Gasteiger partial charge in [-0.05, 0) is 61.4 Å². The van der Waals surface area contributed by atoms with Gasteiger partial charge in [0.2, 0.25) is 0 Å². The summed E-state index contributed by atoms with van der Waals surface area (Å²) < 4.78 is 0.